The first-order chi connectivity index (χ1) is 11.1. The predicted molar refractivity (Wildman–Crippen MR) is 89.5 cm³/mol. The number of nitrogens with zero attached hydrogens (tertiary/aromatic N) is 2. The summed E-state index contributed by atoms with van der Waals surface area (Å²) >= 11 is 6.01. The van der Waals surface area contributed by atoms with Gasteiger partial charge in [-0.25, -0.2) is 0 Å². The average Bonchev–Trinajstić information content (AvgIpc) is 2.58. The number of benzene rings is 1. The molecule has 0 amide bonds. The molecule has 0 aliphatic carbocycles. The zero-order valence-electron chi connectivity index (χ0n) is 12.7. The Kier molecular flexibility index (Phi) is 4.94. The van der Waals surface area contributed by atoms with E-state index in [1.807, 2.05) is 36.4 Å². The first-order valence-corrected chi connectivity index (χ1v) is 8.15. The summed E-state index contributed by atoms with van der Waals surface area (Å²) in [4.78, 5) is 17.7. The lowest BCUT2D eigenvalue weighted by molar-refractivity contribution is -0.143. The van der Waals surface area contributed by atoms with Gasteiger partial charge in [0.15, 0.2) is 0 Å². The molecule has 2 heterocycles. The molecule has 0 saturated carbocycles. The molecule has 1 aromatic carbocycles. The molecular weight excluding hydrogens is 312 g/mol. The molecule has 120 valence electrons. The smallest absolute Gasteiger partial charge is 0.307 e. The Morgan fingerprint density at radius 1 is 1.17 bits per heavy atom. The third-order valence-electron chi connectivity index (χ3n) is 4.37. The van der Waals surface area contributed by atoms with Crippen molar-refractivity contribution < 1.29 is 9.90 Å². The fourth-order valence-electron chi connectivity index (χ4n) is 3.25. The summed E-state index contributed by atoms with van der Waals surface area (Å²) in [6.07, 6.45) is 5.19. The number of hydrogen-bond acceptors (Lipinski definition) is 3. The molecule has 1 fully saturated rings. The Balaban J connectivity index is 1.95. The SMILES string of the molecule is O=C(O)C1CCCN(C(c2ccncc2)c2ccc(Cl)cc2)C1. The van der Waals surface area contributed by atoms with Crippen LogP contribution in [0, 0.1) is 5.92 Å². The van der Waals surface area contributed by atoms with E-state index in [4.69, 9.17) is 11.6 Å². The molecule has 0 radical (unpaired) electrons. The van der Waals surface area contributed by atoms with Crippen molar-refractivity contribution in [3.05, 3.63) is 64.9 Å². The van der Waals surface area contributed by atoms with Crippen LogP contribution in [0.1, 0.15) is 30.0 Å². The molecule has 2 unspecified atom stereocenters. The Labute approximate surface area is 140 Å². The van der Waals surface area contributed by atoms with Gasteiger partial charge in [-0.2, -0.15) is 0 Å². The minimum atomic E-state index is -0.709. The van der Waals surface area contributed by atoms with Crippen LogP contribution in [-0.2, 0) is 4.79 Å². The van der Waals surface area contributed by atoms with Crippen LogP contribution in [0.4, 0.5) is 0 Å². The Bertz CT molecular complexity index is 660. The van der Waals surface area contributed by atoms with Crippen LogP contribution >= 0.6 is 11.6 Å². The number of piperidine rings is 1. The van der Waals surface area contributed by atoms with Crippen molar-refractivity contribution >= 4 is 17.6 Å². The molecule has 4 nitrogen and oxygen atoms in total. The number of aliphatic carboxylic acids is 1. The monoisotopic (exact) mass is 330 g/mol. The molecule has 2 atom stereocenters. The zero-order chi connectivity index (χ0) is 16.2. The van der Waals surface area contributed by atoms with Crippen molar-refractivity contribution in [2.75, 3.05) is 13.1 Å². The van der Waals surface area contributed by atoms with E-state index in [2.05, 4.69) is 9.88 Å². The quantitative estimate of drug-likeness (QED) is 0.930. The number of halogens is 1. The van der Waals surface area contributed by atoms with Crippen molar-refractivity contribution in [2.24, 2.45) is 5.92 Å². The lowest BCUT2D eigenvalue weighted by atomic mass is 9.92. The zero-order valence-corrected chi connectivity index (χ0v) is 13.5. The van der Waals surface area contributed by atoms with E-state index in [-0.39, 0.29) is 12.0 Å². The fraction of sp³-hybridized carbons (Fsp3) is 0.333. The van der Waals surface area contributed by atoms with E-state index in [0.29, 0.717) is 11.6 Å². The van der Waals surface area contributed by atoms with E-state index in [1.165, 1.54) is 0 Å². The molecule has 0 spiro atoms. The molecule has 1 aliphatic rings. The molecule has 5 heteroatoms. The van der Waals surface area contributed by atoms with Gasteiger partial charge >= 0.3 is 5.97 Å². The standard InChI is InChI=1S/C18H19ClN2O2/c19-16-5-3-13(4-6-16)17(14-7-9-20-10-8-14)21-11-1-2-15(12-21)18(22)23/h3-10,15,17H,1-2,11-12H2,(H,22,23). The van der Waals surface area contributed by atoms with Crippen molar-refractivity contribution in [1.82, 2.24) is 9.88 Å². The van der Waals surface area contributed by atoms with E-state index in [0.717, 1.165) is 30.5 Å². The average molecular weight is 331 g/mol. The summed E-state index contributed by atoms with van der Waals surface area (Å²) in [5.41, 5.74) is 2.24. The van der Waals surface area contributed by atoms with E-state index < -0.39 is 5.97 Å². The lowest BCUT2D eigenvalue weighted by Crippen LogP contribution is -2.41. The molecule has 2 aromatic rings. The van der Waals surface area contributed by atoms with Crippen LogP contribution in [0.15, 0.2) is 48.8 Å². The van der Waals surface area contributed by atoms with Crippen molar-refractivity contribution in [3.8, 4) is 0 Å². The van der Waals surface area contributed by atoms with Gasteiger partial charge in [0.25, 0.3) is 0 Å². The second-order valence-corrected chi connectivity index (χ2v) is 6.34. The third-order valence-corrected chi connectivity index (χ3v) is 4.63. The van der Waals surface area contributed by atoms with Crippen LogP contribution in [0.5, 0.6) is 0 Å². The van der Waals surface area contributed by atoms with Gasteiger partial charge in [0.05, 0.1) is 12.0 Å². The summed E-state index contributed by atoms with van der Waals surface area (Å²) in [5, 5.41) is 10.1. The number of carboxylic acids is 1. The second-order valence-electron chi connectivity index (χ2n) is 5.91. The Morgan fingerprint density at radius 3 is 2.48 bits per heavy atom. The van der Waals surface area contributed by atoms with E-state index >= 15 is 0 Å². The molecule has 1 N–H and O–H groups in total. The molecule has 23 heavy (non-hydrogen) atoms. The summed E-state index contributed by atoms with van der Waals surface area (Å²) < 4.78 is 0. The largest absolute Gasteiger partial charge is 0.481 e. The van der Waals surface area contributed by atoms with Crippen LogP contribution in [0.3, 0.4) is 0 Å². The summed E-state index contributed by atoms with van der Waals surface area (Å²) in [6.45, 7) is 1.45. The number of likely N-dealkylation sites (tertiary alicyclic amines) is 1. The highest BCUT2D eigenvalue weighted by Crippen LogP contribution is 2.32. The number of rotatable bonds is 4. The summed E-state index contributed by atoms with van der Waals surface area (Å²) in [5.74, 6) is -1.01. The number of carbonyl (C=O) groups is 1. The first kappa shape index (κ1) is 16.0. The molecule has 1 saturated heterocycles. The highest BCUT2D eigenvalue weighted by molar-refractivity contribution is 6.30. The molecular formula is C18H19ClN2O2. The van der Waals surface area contributed by atoms with Gasteiger partial charge in [-0.1, -0.05) is 23.7 Å². The van der Waals surface area contributed by atoms with Crippen molar-refractivity contribution in [1.29, 1.82) is 0 Å². The minimum Gasteiger partial charge on any atom is -0.481 e. The van der Waals surface area contributed by atoms with Crippen LogP contribution in [-0.4, -0.2) is 34.0 Å². The third kappa shape index (κ3) is 3.71. The lowest BCUT2D eigenvalue weighted by Gasteiger charge is -2.37. The Morgan fingerprint density at radius 2 is 1.83 bits per heavy atom. The van der Waals surface area contributed by atoms with Gasteiger partial charge in [-0.3, -0.25) is 14.7 Å². The topological polar surface area (TPSA) is 53.4 Å². The maximum absolute atomic E-state index is 11.4. The van der Waals surface area contributed by atoms with Gasteiger partial charge in [-0.05, 0) is 54.8 Å². The molecule has 1 aliphatic heterocycles. The summed E-state index contributed by atoms with van der Waals surface area (Å²) in [7, 11) is 0. The minimum absolute atomic E-state index is 0.0254. The van der Waals surface area contributed by atoms with Gasteiger partial charge < -0.3 is 5.11 Å². The highest BCUT2D eigenvalue weighted by Gasteiger charge is 2.31. The Hall–Kier alpha value is -1.91. The molecule has 0 bridgehead atoms. The molecule has 1 aromatic heterocycles. The van der Waals surface area contributed by atoms with E-state index in [9.17, 15) is 9.90 Å². The summed E-state index contributed by atoms with van der Waals surface area (Å²) in [6, 6.07) is 11.8. The van der Waals surface area contributed by atoms with Gasteiger partial charge in [-0.15, -0.1) is 0 Å². The number of aromatic nitrogens is 1. The van der Waals surface area contributed by atoms with Crippen LogP contribution in [0.2, 0.25) is 5.02 Å². The normalized spacial score (nSPS) is 20.1. The number of hydrogen-bond donors (Lipinski definition) is 1. The molecule has 3 rings (SSSR count). The van der Waals surface area contributed by atoms with E-state index in [1.54, 1.807) is 12.4 Å². The predicted octanol–water partition coefficient (Wildman–Crippen LogP) is 3.62. The highest BCUT2D eigenvalue weighted by atomic mass is 35.5. The fourth-order valence-corrected chi connectivity index (χ4v) is 3.37. The second kappa shape index (κ2) is 7.11. The maximum atomic E-state index is 11.4. The van der Waals surface area contributed by atoms with Gasteiger partial charge in [0.1, 0.15) is 0 Å². The first-order valence-electron chi connectivity index (χ1n) is 7.77. The maximum Gasteiger partial charge on any atom is 0.307 e. The van der Waals surface area contributed by atoms with Crippen LogP contribution in [0.25, 0.3) is 0 Å². The van der Waals surface area contributed by atoms with Gasteiger partial charge in [0.2, 0.25) is 0 Å². The van der Waals surface area contributed by atoms with Crippen molar-refractivity contribution in [2.45, 2.75) is 18.9 Å². The number of carboxylic acid groups (broad SMARTS) is 1. The van der Waals surface area contributed by atoms with Gasteiger partial charge in [0, 0.05) is 24.0 Å². The van der Waals surface area contributed by atoms with Crippen molar-refractivity contribution in [3.63, 3.8) is 0 Å². The number of pyridine rings is 1. The van der Waals surface area contributed by atoms with Crippen LogP contribution < -0.4 is 0 Å².